The van der Waals surface area contributed by atoms with Gasteiger partial charge in [0.1, 0.15) is 0 Å². The molecule has 100 valence electrons. The molecular formula is C15H25N3. The average molecular weight is 247 g/mol. The van der Waals surface area contributed by atoms with Gasteiger partial charge in [-0.05, 0) is 57.8 Å². The minimum Gasteiger partial charge on any atom is -0.314 e. The van der Waals surface area contributed by atoms with E-state index >= 15 is 0 Å². The van der Waals surface area contributed by atoms with E-state index in [4.69, 9.17) is 0 Å². The highest BCUT2D eigenvalue weighted by atomic mass is 15.1. The number of rotatable bonds is 8. The van der Waals surface area contributed by atoms with E-state index in [1.54, 1.807) is 0 Å². The van der Waals surface area contributed by atoms with E-state index in [0.717, 1.165) is 12.6 Å². The van der Waals surface area contributed by atoms with Crippen LogP contribution in [0.5, 0.6) is 0 Å². The summed E-state index contributed by atoms with van der Waals surface area (Å²) in [5.41, 5.74) is 1.29. The van der Waals surface area contributed by atoms with E-state index < -0.39 is 0 Å². The molecule has 0 aliphatic heterocycles. The van der Waals surface area contributed by atoms with Gasteiger partial charge in [-0.15, -0.1) is 0 Å². The van der Waals surface area contributed by atoms with Crippen molar-refractivity contribution in [1.82, 2.24) is 15.2 Å². The number of pyridine rings is 1. The minimum absolute atomic E-state index is 0.631. The Kier molecular flexibility index (Phi) is 5.14. The van der Waals surface area contributed by atoms with Gasteiger partial charge in [-0.1, -0.05) is 6.07 Å². The molecule has 0 aromatic carbocycles. The first-order valence-electron chi connectivity index (χ1n) is 7.08. The molecule has 0 amide bonds. The fraction of sp³-hybridized carbons (Fsp3) is 0.667. The molecule has 1 N–H and O–H groups in total. The van der Waals surface area contributed by atoms with Crippen LogP contribution in [0.4, 0.5) is 0 Å². The van der Waals surface area contributed by atoms with Gasteiger partial charge < -0.3 is 5.32 Å². The van der Waals surface area contributed by atoms with Gasteiger partial charge in [0.2, 0.25) is 0 Å². The summed E-state index contributed by atoms with van der Waals surface area (Å²) in [4.78, 5) is 6.57. The van der Waals surface area contributed by atoms with Crippen LogP contribution < -0.4 is 5.32 Å². The fourth-order valence-corrected chi connectivity index (χ4v) is 2.15. The summed E-state index contributed by atoms with van der Waals surface area (Å²) >= 11 is 0. The molecule has 1 heterocycles. The van der Waals surface area contributed by atoms with E-state index in [-0.39, 0.29) is 0 Å². The fourth-order valence-electron chi connectivity index (χ4n) is 2.15. The summed E-state index contributed by atoms with van der Waals surface area (Å²) in [5, 5.41) is 3.57. The van der Waals surface area contributed by atoms with Crippen molar-refractivity contribution in [3.8, 4) is 0 Å². The first-order valence-corrected chi connectivity index (χ1v) is 7.08. The standard InChI is InChI=1S/C15H25N3/c1-13(5-3-10-17-15-7-8-15)18(2)12-14-6-4-9-16-11-14/h4,6,9,11,13,15,17H,3,5,7-8,10,12H2,1-2H3. The van der Waals surface area contributed by atoms with Gasteiger partial charge in [0.05, 0.1) is 0 Å². The lowest BCUT2D eigenvalue weighted by molar-refractivity contribution is 0.234. The monoisotopic (exact) mass is 247 g/mol. The highest BCUT2D eigenvalue weighted by Gasteiger charge is 2.19. The van der Waals surface area contributed by atoms with Crippen molar-refractivity contribution in [1.29, 1.82) is 0 Å². The second-order valence-corrected chi connectivity index (χ2v) is 5.50. The molecule has 0 spiro atoms. The van der Waals surface area contributed by atoms with E-state index in [9.17, 15) is 0 Å². The Bertz CT molecular complexity index is 335. The predicted octanol–water partition coefficient (Wildman–Crippen LogP) is 2.43. The van der Waals surface area contributed by atoms with Gasteiger partial charge in [-0.25, -0.2) is 0 Å². The van der Waals surface area contributed by atoms with Crippen LogP contribution in [0.2, 0.25) is 0 Å². The van der Waals surface area contributed by atoms with Crippen molar-refractivity contribution in [3.05, 3.63) is 30.1 Å². The van der Waals surface area contributed by atoms with Gasteiger partial charge in [0, 0.05) is 31.0 Å². The molecule has 1 aromatic heterocycles. The van der Waals surface area contributed by atoms with Gasteiger partial charge in [-0.2, -0.15) is 0 Å². The van der Waals surface area contributed by atoms with Crippen LogP contribution in [0.25, 0.3) is 0 Å². The predicted molar refractivity (Wildman–Crippen MR) is 75.4 cm³/mol. The molecular weight excluding hydrogens is 222 g/mol. The Labute approximate surface area is 111 Å². The van der Waals surface area contributed by atoms with Crippen molar-refractivity contribution >= 4 is 0 Å². The molecule has 1 atom stereocenters. The molecule has 3 heteroatoms. The van der Waals surface area contributed by atoms with Crippen LogP contribution >= 0.6 is 0 Å². The molecule has 18 heavy (non-hydrogen) atoms. The average Bonchev–Trinajstić information content (AvgIpc) is 3.19. The number of hydrogen-bond acceptors (Lipinski definition) is 3. The topological polar surface area (TPSA) is 28.2 Å². The van der Waals surface area contributed by atoms with Crippen LogP contribution in [0.15, 0.2) is 24.5 Å². The summed E-state index contributed by atoms with van der Waals surface area (Å²) in [6, 6.07) is 5.62. The van der Waals surface area contributed by atoms with E-state index in [1.165, 1.54) is 37.8 Å². The second kappa shape index (κ2) is 6.86. The third kappa shape index (κ3) is 4.75. The van der Waals surface area contributed by atoms with Crippen molar-refractivity contribution < 1.29 is 0 Å². The molecule has 0 radical (unpaired) electrons. The van der Waals surface area contributed by atoms with E-state index in [0.29, 0.717) is 6.04 Å². The maximum atomic E-state index is 4.16. The highest BCUT2D eigenvalue weighted by molar-refractivity contribution is 5.08. The third-order valence-electron chi connectivity index (χ3n) is 3.72. The lowest BCUT2D eigenvalue weighted by atomic mass is 10.1. The zero-order chi connectivity index (χ0) is 12.8. The molecule has 2 rings (SSSR count). The molecule has 1 aromatic rings. The number of aromatic nitrogens is 1. The van der Waals surface area contributed by atoms with Crippen molar-refractivity contribution in [2.45, 2.75) is 51.2 Å². The maximum Gasteiger partial charge on any atom is 0.0312 e. The summed E-state index contributed by atoms with van der Waals surface area (Å²) in [6.07, 6.45) is 9.09. The van der Waals surface area contributed by atoms with Gasteiger partial charge >= 0.3 is 0 Å². The first-order chi connectivity index (χ1) is 8.75. The van der Waals surface area contributed by atoms with Crippen molar-refractivity contribution in [3.63, 3.8) is 0 Å². The molecule has 1 fully saturated rings. The Morgan fingerprint density at radius 3 is 3.00 bits per heavy atom. The lowest BCUT2D eigenvalue weighted by Gasteiger charge is -2.24. The Balaban J connectivity index is 1.62. The van der Waals surface area contributed by atoms with Gasteiger partial charge in [0.15, 0.2) is 0 Å². The lowest BCUT2D eigenvalue weighted by Crippen LogP contribution is -2.29. The maximum absolute atomic E-state index is 4.16. The second-order valence-electron chi connectivity index (χ2n) is 5.50. The third-order valence-corrected chi connectivity index (χ3v) is 3.72. The molecule has 0 bridgehead atoms. The smallest absolute Gasteiger partial charge is 0.0312 e. The summed E-state index contributed by atoms with van der Waals surface area (Å²) < 4.78 is 0. The summed E-state index contributed by atoms with van der Waals surface area (Å²) in [6.45, 7) is 4.48. The zero-order valence-corrected chi connectivity index (χ0v) is 11.6. The van der Waals surface area contributed by atoms with E-state index in [2.05, 4.69) is 35.2 Å². The van der Waals surface area contributed by atoms with Crippen LogP contribution in [0, 0.1) is 0 Å². The number of hydrogen-bond donors (Lipinski definition) is 1. The molecule has 1 aliphatic rings. The van der Waals surface area contributed by atoms with Crippen LogP contribution in [0.3, 0.4) is 0 Å². The summed E-state index contributed by atoms with van der Waals surface area (Å²) in [5.74, 6) is 0. The Morgan fingerprint density at radius 1 is 1.50 bits per heavy atom. The van der Waals surface area contributed by atoms with Gasteiger partial charge in [0.25, 0.3) is 0 Å². The van der Waals surface area contributed by atoms with Crippen molar-refractivity contribution in [2.75, 3.05) is 13.6 Å². The largest absolute Gasteiger partial charge is 0.314 e. The number of nitrogens with one attached hydrogen (secondary N) is 1. The molecule has 1 unspecified atom stereocenters. The summed E-state index contributed by atoms with van der Waals surface area (Å²) in [7, 11) is 2.20. The highest BCUT2D eigenvalue weighted by Crippen LogP contribution is 2.18. The van der Waals surface area contributed by atoms with Crippen LogP contribution in [-0.2, 0) is 6.54 Å². The minimum atomic E-state index is 0.631. The van der Waals surface area contributed by atoms with Crippen molar-refractivity contribution in [2.24, 2.45) is 0 Å². The van der Waals surface area contributed by atoms with Gasteiger partial charge in [-0.3, -0.25) is 9.88 Å². The molecule has 1 aliphatic carbocycles. The quantitative estimate of drug-likeness (QED) is 0.715. The molecule has 3 nitrogen and oxygen atoms in total. The molecule has 0 saturated heterocycles. The normalized spacial score (nSPS) is 17.1. The Hall–Kier alpha value is -0.930. The zero-order valence-electron chi connectivity index (χ0n) is 11.6. The van der Waals surface area contributed by atoms with Crippen LogP contribution in [0.1, 0.15) is 38.2 Å². The first kappa shape index (κ1) is 13.5. The molecule has 1 saturated carbocycles. The van der Waals surface area contributed by atoms with E-state index in [1.807, 2.05) is 18.5 Å². The SMILES string of the molecule is CC(CCCNC1CC1)N(C)Cc1cccnc1. The number of nitrogens with zero attached hydrogens (tertiary/aromatic N) is 2. The Morgan fingerprint density at radius 2 is 2.33 bits per heavy atom. The van der Waals surface area contributed by atoms with Crippen LogP contribution in [-0.4, -0.2) is 35.6 Å².